The van der Waals surface area contributed by atoms with Crippen molar-refractivity contribution in [2.45, 2.75) is 13.5 Å². The summed E-state index contributed by atoms with van der Waals surface area (Å²) in [4.78, 5) is 8.47. The molecular formula is C12H14N6. The third-order valence-corrected chi connectivity index (χ3v) is 2.98. The minimum absolute atomic E-state index is 0.505. The molecule has 0 aliphatic carbocycles. The number of rotatable bonds is 2. The minimum Gasteiger partial charge on any atom is -0.369 e. The number of pyridine rings is 1. The Balaban J connectivity index is 2.14. The van der Waals surface area contributed by atoms with E-state index in [1.54, 1.807) is 6.20 Å². The van der Waals surface area contributed by atoms with Gasteiger partial charge in [0.1, 0.15) is 5.52 Å². The summed E-state index contributed by atoms with van der Waals surface area (Å²) in [5, 5.41) is 4.36. The summed E-state index contributed by atoms with van der Waals surface area (Å²) >= 11 is 0. The second kappa shape index (κ2) is 3.83. The molecule has 0 amide bonds. The van der Waals surface area contributed by atoms with Gasteiger partial charge in [-0.25, -0.2) is 4.98 Å². The van der Waals surface area contributed by atoms with Gasteiger partial charge < -0.3 is 5.73 Å². The highest BCUT2D eigenvalue weighted by atomic mass is 15.3. The lowest BCUT2D eigenvalue weighted by Crippen LogP contribution is -2.08. The SMILES string of the molecule is Cc1nn(C)c2c1nc(N)n2Cc1cccnc1. The molecule has 2 N–H and O–H groups in total. The Morgan fingerprint density at radius 3 is 2.94 bits per heavy atom. The fourth-order valence-corrected chi connectivity index (χ4v) is 2.18. The summed E-state index contributed by atoms with van der Waals surface area (Å²) in [5.74, 6) is 0.505. The summed E-state index contributed by atoms with van der Waals surface area (Å²) in [6.45, 7) is 2.58. The Labute approximate surface area is 104 Å². The van der Waals surface area contributed by atoms with Gasteiger partial charge >= 0.3 is 0 Å². The standard InChI is InChI=1S/C12H14N6/c1-8-10-11(17(2)16-8)18(12(13)15-10)7-9-4-3-5-14-6-9/h3-6H,7H2,1-2H3,(H2,13,15). The number of nitrogen functional groups attached to an aromatic ring is 1. The van der Waals surface area contributed by atoms with E-state index in [4.69, 9.17) is 5.73 Å². The topological polar surface area (TPSA) is 74.6 Å². The van der Waals surface area contributed by atoms with Crippen LogP contribution in [-0.4, -0.2) is 24.3 Å². The van der Waals surface area contributed by atoms with E-state index >= 15 is 0 Å². The maximum Gasteiger partial charge on any atom is 0.202 e. The molecule has 0 fully saturated rings. The van der Waals surface area contributed by atoms with Gasteiger partial charge in [-0.3, -0.25) is 14.2 Å². The molecule has 6 heteroatoms. The third-order valence-electron chi connectivity index (χ3n) is 2.98. The van der Waals surface area contributed by atoms with Crippen LogP contribution in [0.4, 0.5) is 5.95 Å². The number of nitrogens with two attached hydrogens (primary N) is 1. The first-order valence-electron chi connectivity index (χ1n) is 5.71. The maximum atomic E-state index is 5.97. The normalized spacial score (nSPS) is 11.2. The molecule has 6 nitrogen and oxygen atoms in total. The molecule has 0 aliphatic rings. The van der Waals surface area contributed by atoms with E-state index in [9.17, 15) is 0 Å². The second-order valence-corrected chi connectivity index (χ2v) is 4.30. The molecular weight excluding hydrogens is 228 g/mol. The summed E-state index contributed by atoms with van der Waals surface area (Å²) in [6, 6.07) is 3.93. The number of anilines is 1. The molecule has 3 aromatic heterocycles. The Morgan fingerprint density at radius 2 is 2.22 bits per heavy atom. The molecule has 0 radical (unpaired) electrons. The van der Waals surface area contributed by atoms with E-state index in [2.05, 4.69) is 15.1 Å². The van der Waals surface area contributed by atoms with Crippen molar-refractivity contribution in [1.29, 1.82) is 0 Å². The van der Waals surface area contributed by atoms with Crippen LogP contribution in [0.2, 0.25) is 0 Å². The van der Waals surface area contributed by atoms with Gasteiger partial charge in [-0.15, -0.1) is 0 Å². The molecule has 0 saturated heterocycles. The van der Waals surface area contributed by atoms with Gasteiger partial charge in [0.2, 0.25) is 5.95 Å². The van der Waals surface area contributed by atoms with Gasteiger partial charge in [-0.2, -0.15) is 5.10 Å². The summed E-state index contributed by atoms with van der Waals surface area (Å²) in [7, 11) is 1.90. The van der Waals surface area contributed by atoms with Crippen molar-refractivity contribution in [2.75, 3.05) is 5.73 Å². The Bertz CT molecular complexity index is 694. The zero-order chi connectivity index (χ0) is 12.7. The van der Waals surface area contributed by atoms with Crippen LogP contribution in [-0.2, 0) is 13.6 Å². The lowest BCUT2D eigenvalue weighted by atomic mass is 10.3. The number of imidazole rings is 1. The van der Waals surface area contributed by atoms with Crippen molar-refractivity contribution in [3.05, 3.63) is 35.8 Å². The maximum absolute atomic E-state index is 5.97. The Morgan fingerprint density at radius 1 is 1.39 bits per heavy atom. The fourth-order valence-electron chi connectivity index (χ4n) is 2.18. The number of hydrogen-bond donors (Lipinski definition) is 1. The van der Waals surface area contributed by atoms with Crippen molar-refractivity contribution in [3.63, 3.8) is 0 Å². The number of nitrogens with zero attached hydrogens (tertiary/aromatic N) is 5. The number of aryl methyl sites for hydroxylation is 2. The van der Waals surface area contributed by atoms with E-state index in [0.717, 1.165) is 22.4 Å². The van der Waals surface area contributed by atoms with Crippen LogP contribution >= 0.6 is 0 Å². The lowest BCUT2D eigenvalue weighted by Gasteiger charge is -2.06. The fraction of sp³-hybridized carbons (Fsp3) is 0.250. The molecule has 0 aliphatic heterocycles. The molecule has 92 valence electrons. The first kappa shape index (κ1) is 10.8. The predicted octanol–water partition coefficient (Wildman–Crippen LogP) is 1.10. The van der Waals surface area contributed by atoms with E-state index in [-0.39, 0.29) is 0 Å². The molecule has 0 bridgehead atoms. The highest BCUT2D eigenvalue weighted by Gasteiger charge is 2.15. The first-order valence-corrected chi connectivity index (χ1v) is 5.71. The van der Waals surface area contributed by atoms with Crippen LogP contribution in [0.3, 0.4) is 0 Å². The summed E-state index contributed by atoms with van der Waals surface area (Å²) < 4.78 is 3.76. The van der Waals surface area contributed by atoms with Crippen LogP contribution in [0, 0.1) is 6.92 Å². The van der Waals surface area contributed by atoms with Crippen molar-refractivity contribution < 1.29 is 0 Å². The molecule has 3 aromatic rings. The second-order valence-electron chi connectivity index (χ2n) is 4.30. The van der Waals surface area contributed by atoms with E-state index in [0.29, 0.717) is 12.5 Å². The third kappa shape index (κ3) is 1.54. The van der Waals surface area contributed by atoms with Gasteiger partial charge in [0, 0.05) is 19.4 Å². The first-order chi connectivity index (χ1) is 8.66. The predicted molar refractivity (Wildman–Crippen MR) is 69.0 cm³/mol. The van der Waals surface area contributed by atoms with Crippen LogP contribution in [0.15, 0.2) is 24.5 Å². The number of aromatic nitrogens is 5. The highest BCUT2D eigenvalue weighted by molar-refractivity contribution is 5.77. The van der Waals surface area contributed by atoms with Crippen molar-refractivity contribution in [1.82, 2.24) is 24.3 Å². The zero-order valence-corrected chi connectivity index (χ0v) is 10.3. The number of hydrogen-bond acceptors (Lipinski definition) is 4. The highest BCUT2D eigenvalue weighted by Crippen LogP contribution is 2.21. The monoisotopic (exact) mass is 242 g/mol. The van der Waals surface area contributed by atoms with Crippen LogP contribution in [0.25, 0.3) is 11.2 Å². The molecule has 0 unspecified atom stereocenters. The molecule has 0 aromatic carbocycles. The lowest BCUT2D eigenvalue weighted by molar-refractivity contribution is 0.725. The average molecular weight is 242 g/mol. The zero-order valence-electron chi connectivity index (χ0n) is 10.3. The van der Waals surface area contributed by atoms with Crippen molar-refractivity contribution in [3.8, 4) is 0 Å². The average Bonchev–Trinajstić information content (AvgIpc) is 2.81. The van der Waals surface area contributed by atoms with Gasteiger partial charge in [0.25, 0.3) is 0 Å². The molecule has 0 spiro atoms. The van der Waals surface area contributed by atoms with E-state index < -0.39 is 0 Å². The number of fused-ring (bicyclic) bond motifs is 1. The van der Waals surface area contributed by atoms with Crippen molar-refractivity contribution >= 4 is 17.1 Å². The quantitative estimate of drug-likeness (QED) is 0.730. The van der Waals surface area contributed by atoms with Crippen molar-refractivity contribution in [2.24, 2.45) is 7.05 Å². The summed E-state index contributed by atoms with van der Waals surface area (Å²) in [6.07, 6.45) is 3.58. The minimum atomic E-state index is 0.505. The molecule has 3 heterocycles. The van der Waals surface area contributed by atoms with Gasteiger partial charge in [0.05, 0.1) is 12.2 Å². The van der Waals surface area contributed by atoms with Gasteiger partial charge in [-0.05, 0) is 18.6 Å². The van der Waals surface area contributed by atoms with Crippen LogP contribution in [0.1, 0.15) is 11.3 Å². The van der Waals surface area contributed by atoms with Gasteiger partial charge in [-0.1, -0.05) is 6.07 Å². The molecule has 0 atom stereocenters. The van der Waals surface area contributed by atoms with Gasteiger partial charge in [0.15, 0.2) is 5.65 Å². The van der Waals surface area contributed by atoms with E-state index in [1.165, 1.54) is 0 Å². The van der Waals surface area contributed by atoms with E-state index in [1.807, 2.05) is 41.5 Å². The molecule has 3 rings (SSSR count). The largest absolute Gasteiger partial charge is 0.369 e. The van der Waals surface area contributed by atoms with Crippen LogP contribution < -0.4 is 5.73 Å². The Hall–Kier alpha value is -2.37. The summed E-state index contributed by atoms with van der Waals surface area (Å²) in [5.41, 5.74) is 9.75. The Kier molecular flexibility index (Phi) is 2.29. The molecule has 0 saturated carbocycles. The smallest absolute Gasteiger partial charge is 0.202 e. The van der Waals surface area contributed by atoms with Crippen LogP contribution in [0.5, 0.6) is 0 Å². The molecule has 18 heavy (non-hydrogen) atoms.